The van der Waals surface area contributed by atoms with Crippen LogP contribution < -0.4 is 4.90 Å². The van der Waals surface area contributed by atoms with Crippen LogP contribution in [0.3, 0.4) is 0 Å². The van der Waals surface area contributed by atoms with E-state index < -0.39 is 11.4 Å². The van der Waals surface area contributed by atoms with Gasteiger partial charge in [0.15, 0.2) is 5.65 Å². The average Bonchev–Trinajstić information content (AvgIpc) is 3.24. The summed E-state index contributed by atoms with van der Waals surface area (Å²) in [6.45, 7) is 5.63. The first-order valence-corrected chi connectivity index (χ1v) is 11.8. The second-order valence-electron chi connectivity index (χ2n) is 9.70. The number of piperidine rings is 1. The van der Waals surface area contributed by atoms with Crippen LogP contribution in [0.4, 0.5) is 5.82 Å². The summed E-state index contributed by atoms with van der Waals surface area (Å²) >= 11 is 0. The maximum Gasteiger partial charge on any atom is 0.309 e. The Morgan fingerprint density at radius 1 is 1.09 bits per heavy atom. The van der Waals surface area contributed by atoms with Gasteiger partial charge in [-0.25, -0.2) is 15.0 Å². The number of pyridine rings is 2. The maximum absolute atomic E-state index is 11.4. The summed E-state index contributed by atoms with van der Waals surface area (Å²) in [5.41, 5.74) is 2.95. The van der Waals surface area contributed by atoms with E-state index in [1.165, 1.54) is 0 Å². The summed E-state index contributed by atoms with van der Waals surface area (Å²) < 4.78 is 6.35. The van der Waals surface area contributed by atoms with Gasteiger partial charge in [0.2, 0.25) is 0 Å². The molecule has 3 aromatic heterocycles. The average molecular weight is 450 g/mol. The van der Waals surface area contributed by atoms with Crippen molar-refractivity contribution >= 4 is 23.0 Å². The van der Waals surface area contributed by atoms with Crippen LogP contribution in [0.15, 0.2) is 30.5 Å². The van der Waals surface area contributed by atoms with E-state index in [0.717, 1.165) is 72.8 Å². The molecule has 0 radical (unpaired) electrons. The Labute approximate surface area is 193 Å². The molecule has 1 saturated carbocycles. The summed E-state index contributed by atoms with van der Waals surface area (Å²) in [5.74, 6) is 1.07. The van der Waals surface area contributed by atoms with Crippen LogP contribution in [-0.2, 0) is 9.53 Å². The van der Waals surface area contributed by atoms with Crippen LogP contribution in [0.2, 0.25) is 0 Å². The third-order valence-corrected chi connectivity index (χ3v) is 7.21. The SMILES string of the molecule is Cc1ccc2[nH]c(-c3ccc(N4CCC(O[C@H]5CC[C@@](C)(C(=O)O)CC5)CC4)nc3)nc2n1. The Bertz CT molecular complexity index is 1130. The summed E-state index contributed by atoms with van der Waals surface area (Å²) in [7, 11) is 0. The number of fused-ring (bicyclic) bond motifs is 1. The number of aliphatic carboxylic acids is 1. The quantitative estimate of drug-likeness (QED) is 0.597. The molecular weight excluding hydrogens is 418 g/mol. The first-order valence-electron chi connectivity index (χ1n) is 11.8. The van der Waals surface area contributed by atoms with Gasteiger partial charge in [-0.2, -0.15) is 0 Å². The first-order chi connectivity index (χ1) is 15.9. The molecule has 1 aliphatic heterocycles. The molecule has 0 aromatic carbocycles. The monoisotopic (exact) mass is 449 g/mol. The lowest BCUT2D eigenvalue weighted by atomic mass is 9.75. The maximum atomic E-state index is 11.4. The molecule has 2 fully saturated rings. The minimum absolute atomic E-state index is 0.188. The fraction of sp³-hybridized carbons (Fsp3) is 0.520. The number of rotatable bonds is 5. The van der Waals surface area contributed by atoms with Crippen molar-refractivity contribution in [3.8, 4) is 11.4 Å². The molecule has 0 bridgehead atoms. The fourth-order valence-corrected chi connectivity index (χ4v) is 4.91. The Kier molecular flexibility index (Phi) is 5.78. The number of anilines is 1. The van der Waals surface area contributed by atoms with Crippen LogP contribution in [0.25, 0.3) is 22.6 Å². The van der Waals surface area contributed by atoms with E-state index in [1.54, 1.807) is 0 Å². The normalized spacial score (nSPS) is 24.3. The molecule has 0 unspecified atom stereocenters. The number of imidazole rings is 1. The smallest absolute Gasteiger partial charge is 0.309 e. The summed E-state index contributed by atoms with van der Waals surface area (Å²) in [4.78, 5) is 30.8. The highest BCUT2D eigenvalue weighted by Crippen LogP contribution is 2.38. The number of carboxylic acids is 1. The van der Waals surface area contributed by atoms with E-state index in [1.807, 2.05) is 32.2 Å². The molecule has 1 saturated heterocycles. The zero-order valence-electron chi connectivity index (χ0n) is 19.3. The van der Waals surface area contributed by atoms with Gasteiger partial charge in [-0.15, -0.1) is 0 Å². The van der Waals surface area contributed by atoms with E-state index in [2.05, 4.69) is 37.0 Å². The Morgan fingerprint density at radius 2 is 1.82 bits per heavy atom. The van der Waals surface area contributed by atoms with Crippen LogP contribution >= 0.6 is 0 Å². The molecular formula is C25H31N5O3. The number of nitrogens with one attached hydrogen (secondary N) is 1. The van der Waals surface area contributed by atoms with Crippen molar-refractivity contribution in [1.82, 2.24) is 19.9 Å². The van der Waals surface area contributed by atoms with Gasteiger partial charge >= 0.3 is 5.97 Å². The molecule has 2 aliphatic rings. The van der Waals surface area contributed by atoms with Crippen molar-refractivity contribution in [2.24, 2.45) is 5.41 Å². The van der Waals surface area contributed by atoms with E-state index in [9.17, 15) is 9.90 Å². The zero-order chi connectivity index (χ0) is 23.0. The van der Waals surface area contributed by atoms with Crippen LogP contribution in [0.1, 0.15) is 51.1 Å². The second-order valence-corrected chi connectivity index (χ2v) is 9.70. The molecule has 1 aliphatic carbocycles. The van der Waals surface area contributed by atoms with Crippen LogP contribution in [0.5, 0.6) is 0 Å². The number of nitrogens with zero attached hydrogens (tertiary/aromatic N) is 4. The lowest BCUT2D eigenvalue weighted by Crippen LogP contribution is -2.41. The third-order valence-electron chi connectivity index (χ3n) is 7.21. The number of aromatic amines is 1. The van der Waals surface area contributed by atoms with Gasteiger partial charge in [-0.3, -0.25) is 4.79 Å². The number of hydrogen-bond donors (Lipinski definition) is 2. The predicted octanol–water partition coefficient (Wildman–Crippen LogP) is 4.35. The molecule has 33 heavy (non-hydrogen) atoms. The first kappa shape index (κ1) is 21.8. The Balaban J connectivity index is 1.15. The summed E-state index contributed by atoms with van der Waals surface area (Å²) in [5, 5.41) is 9.41. The highest BCUT2D eigenvalue weighted by atomic mass is 16.5. The van der Waals surface area contributed by atoms with E-state index in [4.69, 9.17) is 4.74 Å². The fourth-order valence-electron chi connectivity index (χ4n) is 4.91. The van der Waals surface area contributed by atoms with Gasteiger partial charge in [0.1, 0.15) is 11.6 Å². The molecule has 0 spiro atoms. The van der Waals surface area contributed by atoms with Gasteiger partial charge in [0.05, 0.1) is 23.1 Å². The van der Waals surface area contributed by atoms with Crippen molar-refractivity contribution in [1.29, 1.82) is 0 Å². The van der Waals surface area contributed by atoms with Crippen molar-refractivity contribution < 1.29 is 14.6 Å². The minimum atomic E-state index is -0.681. The summed E-state index contributed by atoms with van der Waals surface area (Å²) in [6, 6.07) is 8.08. The number of ether oxygens (including phenoxy) is 1. The van der Waals surface area contributed by atoms with Gasteiger partial charge < -0.3 is 19.7 Å². The van der Waals surface area contributed by atoms with Crippen molar-refractivity contribution in [3.63, 3.8) is 0 Å². The number of carbonyl (C=O) groups is 1. The van der Waals surface area contributed by atoms with Gasteiger partial charge in [0, 0.05) is 30.5 Å². The number of hydrogen-bond acceptors (Lipinski definition) is 6. The predicted molar refractivity (Wildman–Crippen MR) is 126 cm³/mol. The van der Waals surface area contributed by atoms with Crippen LogP contribution in [-0.4, -0.2) is 56.3 Å². The molecule has 5 rings (SSSR count). The Morgan fingerprint density at radius 3 is 2.48 bits per heavy atom. The highest BCUT2D eigenvalue weighted by molar-refractivity contribution is 5.76. The second kappa shape index (κ2) is 8.74. The highest BCUT2D eigenvalue weighted by Gasteiger charge is 2.38. The van der Waals surface area contributed by atoms with Crippen LogP contribution in [0, 0.1) is 12.3 Å². The zero-order valence-corrected chi connectivity index (χ0v) is 19.3. The topological polar surface area (TPSA) is 104 Å². The Hall–Kier alpha value is -3.00. The molecule has 0 amide bonds. The van der Waals surface area contributed by atoms with Gasteiger partial charge in [-0.05, 0) is 76.6 Å². The molecule has 4 heterocycles. The number of aryl methyl sites for hydroxylation is 1. The van der Waals surface area contributed by atoms with Crippen molar-refractivity contribution in [3.05, 3.63) is 36.2 Å². The molecule has 3 aromatic rings. The lowest BCUT2D eigenvalue weighted by Gasteiger charge is -2.38. The molecule has 8 nitrogen and oxygen atoms in total. The standard InChI is InChI=1S/C25H31N5O3/c1-16-3-5-20-23(27-16)29-22(28-20)17-4-6-21(26-15-17)30-13-9-19(10-14-30)33-18-7-11-25(2,12-8-18)24(31)32/h3-6,15,18-19H,7-14H2,1-2H3,(H,31,32)(H,27,28,29)/t18-,25+. The molecule has 2 N–H and O–H groups in total. The number of carboxylic acid groups (broad SMARTS) is 1. The van der Waals surface area contributed by atoms with Gasteiger partial charge in [-0.1, -0.05) is 0 Å². The molecule has 8 heteroatoms. The minimum Gasteiger partial charge on any atom is -0.481 e. The van der Waals surface area contributed by atoms with E-state index >= 15 is 0 Å². The number of H-pyrrole nitrogens is 1. The number of aromatic nitrogens is 4. The summed E-state index contributed by atoms with van der Waals surface area (Å²) in [6.07, 6.45) is 7.29. The third kappa shape index (κ3) is 4.57. The lowest BCUT2D eigenvalue weighted by molar-refractivity contribution is -0.152. The van der Waals surface area contributed by atoms with E-state index in [0.29, 0.717) is 12.8 Å². The molecule has 0 atom stereocenters. The molecule has 174 valence electrons. The largest absolute Gasteiger partial charge is 0.481 e. The van der Waals surface area contributed by atoms with Crippen molar-refractivity contribution in [2.45, 2.75) is 64.6 Å². The van der Waals surface area contributed by atoms with Crippen molar-refractivity contribution in [2.75, 3.05) is 18.0 Å². The van der Waals surface area contributed by atoms with Gasteiger partial charge in [0.25, 0.3) is 0 Å². The van der Waals surface area contributed by atoms with E-state index in [-0.39, 0.29) is 12.2 Å².